The van der Waals surface area contributed by atoms with Crippen LogP contribution in [-0.4, -0.2) is 72.2 Å². The van der Waals surface area contributed by atoms with Crippen molar-refractivity contribution in [1.82, 2.24) is 7.42 Å². The van der Waals surface area contributed by atoms with Crippen molar-refractivity contribution in [2.45, 2.75) is 38.4 Å². The predicted octanol–water partition coefficient (Wildman–Crippen LogP) is 1.15. The summed E-state index contributed by atoms with van der Waals surface area (Å²) in [5, 5.41) is 3.40. The third kappa shape index (κ3) is 7.91. The summed E-state index contributed by atoms with van der Waals surface area (Å²) in [4.78, 5) is 2.63. The van der Waals surface area contributed by atoms with Gasteiger partial charge in [0.15, 0.2) is 0 Å². The van der Waals surface area contributed by atoms with Gasteiger partial charge in [-0.05, 0) is 23.1 Å². The lowest BCUT2D eigenvalue weighted by Crippen LogP contribution is -2.53. The van der Waals surface area contributed by atoms with Gasteiger partial charge in [0.25, 0.3) is 0 Å². The second-order valence-electron chi connectivity index (χ2n) is 7.43. The van der Waals surface area contributed by atoms with Crippen LogP contribution in [0.1, 0.15) is 36.9 Å². The van der Waals surface area contributed by atoms with Crippen LogP contribution in [0.15, 0.2) is 29.4 Å². The molecule has 0 aliphatic rings. The molecule has 0 aromatic heterocycles. The fourth-order valence-electron chi connectivity index (χ4n) is 3.49. The zero-order chi connectivity index (χ0) is 25.8. The second kappa shape index (κ2) is 10.7. The smallest absolute Gasteiger partial charge is 0.212 e. The minimum Gasteiger partial charge on any atom is -0.212 e. The summed E-state index contributed by atoms with van der Waals surface area (Å²) in [5.74, 6) is 0. The van der Waals surface area contributed by atoms with Gasteiger partial charge in [0.05, 0.1) is 43.7 Å². The fraction of sp³-hybridized carbons (Fsp3) is 0.625. The van der Waals surface area contributed by atoms with Crippen molar-refractivity contribution in [2.75, 3.05) is 25.0 Å². The van der Waals surface area contributed by atoms with E-state index in [1.54, 1.807) is 6.92 Å². The second-order valence-corrected chi connectivity index (χ2v) is 15.3. The molecule has 1 aromatic rings. The molecule has 0 fully saturated rings. The normalized spacial score (nSPS) is 15.2. The van der Waals surface area contributed by atoms with Crippen molar-refractivity contribution in [3.63, 3.8) is 0 Å². The number of sulfonamides is 4. The maximum atomic E-state index is 12.6. The summed E-state index contributed by atoms with van der Waals surface area (Å²) in [7, 11) is -18.0. The molecule has 0 aliphatic heterocycles. The minimum absolute atomic E-state index is 0.0336. The summed E-state index contributed by atoms with van der Waals surface area (Å²) in [6.45, 7) is 1.57. The quantitative estimate of drug-likeness (QED) is 0.212. The van der Waals surface area contributed by atoms with Crippen LogP contribution in [0.2, 0.25) is 0 Å². The summed E-state index contributed by atoms with van der Waals surface area (Å²) in [6.07, 6.45) is 2.58. The largest absolute Gasteiger partial charge is 0.224 e. The molecule has 0 radical (unpaired) electrons. The minimum atomic E-state index is -4.52. The van der Waals surface area contributed by atoms with E-state index in [0.29, 0.717) is 30.6 Å². The molecule has 0 bridgehead atoms. The van der Waals surface area contributed by atoms with Gasteiger partial charge in [-0.25, -0.2) is 33.7 Å². The zero-order valence-electron chi connectivity index (χ0n) is 18.7. The van der Waals surface area contributed by atoms with Crippen LogP contribution in [0.25, 0.3) is 10.4 Å². The van der Waals surface area contributed by atoms with Crippen molar-refractivity contribution in [2.24, 2.45) is 5.11 Å². The highest BCUT2D eigenvalue weighted by molar-refractivity contribution is 8.04. The monoisotopic (exact) mass is 545 g/mol. The topological polar surface area (TPSA) is 192 Å². The Morgan fingerprint density at radius 2 is 1.24 bits per heavy atom. The SMILES string of the molecule is CCC[C@H]([C@H](c1ccc(CN=[N+]=[N-])cc1)N(S(C)(=O)=O)S(C)(=O)=O)N(S(C)(=O)=O)S(C)(=O)=O. The summed E-state index contributed by atoms with van der Waals surface area (Å²) < 4.78 is 101. The van der Waals surface area contributed by atoms with Gasteiger partial charge in [-0.3, -0.25) is 0 Å². The number of hydrogen-bond acceptors (Lipinski definition) is 9. The Morgan fingerprint density at radius 1 is 0.818 bits per heavy atom. The van der Waals surface area contributed by atoms with Crippen LogP contribution in [0.3, 0.4) is 0 Å². The van der Waals surface area contributed by atoms with E-state index in [9.17, 15) is 33.7 Å². The first-order chi connectivity index (χ1) is 14.9. The van der Waals surface area contributed by atoms with E-state index in [1.165, 1.54) is 24.3 Å². The Hall–Kier alpha value is -1.75. The molecule has 17 heteroatoms. The van der Waals surface area contributed by atoms with Crippen LogP contribution >= 0.6 is 0 Å². The van der Waals surface area contributed by atoms with Gasteiger partial charge in [0.1, 0.15) is 0 Å². The van der Waals surface area contributed by atoms with Gasteiger partial charge in [-0.2, -0.15) is 0 Å². The predicted molar refractivity (Wildman–Crippen MR) is 124 cm³/mol. The Labute approximate surface area is 195 Å². The molecule has 1 aromatic carbocycles. The van der Waals surface area contributed by atoms with E-state index in [1.807, 2.05) is 0 Å². The molecular formula is C16H27N5O8S4. The van der Waals surface area contributed by atoms with Crippen molar-refractivity contribution < 1.29 is 33.7 Å². The summed E-state index contributed by atoms with van der Waals surface area (Å²) >= 11 is 0. The summed E-state index contributed by atoms with van der Waals surface area (Å²) in [5.41, 5.74) is 9.01. The average Bonchev–Trinajstić information content (AvgIpc) is 2.60. The fourth-order valence-corrected chi connectivity index (χ4v) is 10.2. The van der Waals surface area contributed by atoms with Gasteiger partial charge in [0.2, 0.25) is 40.1 Å². The van der Waals surface area contributed by atoms with E-state index in [0.717, 1.165) is 0 Å². The molecule has 0 heterocycles. The Morgan fingerprint density at radius 3 is 1.58 bits per heavy atom. The van der Waals surface area contributed by atoms with Crippen molar-refractivity contribution in [3.8, 4) is 0 Å². The van der Waals surface area contributed by atoms with Crippen LogP contribution in [0, 0.1) is 0 Å². The van der Waals surface area contributed by atoms with Crippen LogP contribution in [0.4, 0.5) is 0 Å². The molecule has 0 unspecified atom stereocenters. The van der Waals surface area contributed by atoms with Crippen LogP contribution in [0.5, 0.6) is 0 Å². The molecule has 0 saturated heterocycles. The average molecular weight is 546 g/mol. The van der Waals surface area contributed by atoms with Crippen molar-refractivity contribution >= 4 is 40.1 Å². The number of benzene rings is 1. The third-order valence-electron chi connectivity index (χ3n) is 4.39. The van der Waals surface area contributed by atoms with Gasteiger partial charge in [-0.1, -0.05) is 50.1 Å². The van der Waals surface area contributed by atoms with E-state index in [2.05, 4.69) is 10.0 Å². The molecule has 0 amide bonds. The lowest BCUT2D eigenvalue weighted by atomic mass is 9.96. The molecule has 13 nitrogen and oxygen atoms in total. The standard InChI is InChI=1S/C16H27N5O8S4/c1-6-7-15(20(30(2,22)23)31(3,24)25)16(21(32(4,26)27)33(5,28)29)14-10-8-13(9-11-14)12-18-19-17/h8-11,15-16H,6-7,12H2,1-5H3/t15-,16+/m1/s1. The highest BCUT2D eigenvalue weighted by atomic mass is 32.3. The zero-order valence-corrected chi connectivity index (χ0v) is 22.0. The summed E-state index contributed by atoms with van der Waals surface area (Å²) in [6, 6.07) is 2.21. The molecule has 2 atom stereocenters. The Bertz CT molecular complexity index is 1250. The van der Waals surface area contributed by atoms with E-state index < -0.39 is 52.2 Å². The first-order valence-electron chi connectivity index (χ1n) is 9.34. The van der Waals surface area contributed by atoms with E-state index in [4.69, 9.17) is 5.53 Å². The van der Waals surface area contributed by atoms with Crippen LogP contribution < -0.4 is 0 Å². The molecule has 0 spiro atoms. The van der Waals surface area contributed by atoms with Crippen LogP contribution in [-0.2, 0) is 46.6 Å². The molecular weight excluding hydrogens is 518 g/mol. The maximum Gasteiger partial charge on any atom is 0.224 e. The van der Waals surface area contributed by atoms with E-state index in [-0.39, 0.29) is 32.4 Å². The molecule has 188 valence electrons. The first-order valence-corrected chi connectivity index (χ1v) is 16.7. The van der Waals surface area contributed by atoms with Crippen molar-refractivity contribution in [3.05, 3.63) is 45.8 Å². The van der Waals surface area contributed by atoms with Gasteiger partial charge < -0.3 is 0 Å². The molecule has 0 aliphatic carbocycles. The Balaban J connectivity index is 4.04. The van der Waals surface area contributed by atoms with Gasteiger partial charge in [-0.15, -0.1) is 0 Å². The highest BCUT2D eigenvalue weighted by Crippen LogP contribution is 2.36. The first kappa shape index (κ1) is 29.3. The maximum absolute atomic E-state index is 12.6. The number of hydrogen-bond donors (Lipinski definition) is 0. The molecule has 33 heavy (non-hydrogen) atoms. The lowest BCUT2D eigenvalue weighted by molar-refractivity contribution is 0.284. The number of azide groups is 1. The van der Waals surface area contributed by atoms with E-state index >= 15 is 0 Å². The van der Waals surface area contributed by atoms with Crippen molar-refractivity contribution in [1.29, 1.82) is 0 Å². The Kier molecular flexibility index (Phi) is 9.47. The van der Waals surface area contributed by atoms with Gasteiger partial charge in [0, 0.05) is 4.91 Å². The number of rotatable bonds is 12. The third-order valence-corrected chi connectivity index (χ3v) is 11.3. The lowest BCUT2D eigenvalue weighted by Gasteiger charge is -2.38. The molecule has 0 N–H and O–H groups in total. The highest BCUT2D eigenvalue weighted by Gasteiger charge is 2.47. The molecule has 0 saturated carbocycles. The van der Waals surface area contributed by atoms with Gasteiger partial charge >= 0.3 is 0 Å². The number of nitrogens with zero attached hydrogens (tertiary/aromatic N) is 5. The molecule has 1 rings (SSSR count).